The molecule has 0 unspecified atom stereocenters. The van der Waals surface area contributed by atoms with Gasteiger partial charge in [-0.2, -0.15) is 0 Å². The van der Waals surface area contributed by atoms with E-state index in [0.29, 0.717) is 13.1 Å². The standard InChI is InChI=1S/C15H20BrN3O2/c16-13-7-11-1-6-21-15(11)12(8-13)9-18-14(20)10-19-4-2-17-3-5-19/h7-8,17H,1-6,9-10H2,(H,18,20). The second kappa shape index (κ2) is 6.77. The minimum absolute atomic E-state index is 0.0728. The predicted molar refractivity (Wildman–Crippen MR) is 84.5 cm³/mol. The Morgan fingerprint density at radius 1 is 1.38 bits per heavy atom. The fourth-order valence-electron chi connectivity index (χ4n) is 2.80. The third-order valence-corrected chi connectivity index (χ3v) is 4.34. The summed E-state index contributed by atoms with van der Waals surface area (Å²) in [6.45, 7) is 5.51. The lowest BCUT2D eigenvalue weighted by Gasteiger charge is -2.26. The number of halogens is 1. The molecule has 5 nitrogen and oxygen atoms in total. The van der Waals surface area contributed by atoms with Crippen molar-refractivity contribution in [1.29, 1.82) is 0 Å². The Morgan fingerprint density at radius 3 is 3.00 bits per heavy atom. The fourth-order valence-corrected chi connectivity index (χ4v) is 3.35. The summed E-state index contributed by atoms with van der Waals surface area (Å²) in [5.41, 5.74) is 2.27. The van der Waals surface area contributed by atoms with Crippen molar-refractivity contribution in [3.8, 4) is 5.75 Å². The van der Waals surface area contributed by atoms with Gasteiger partial charge in [-0.1, -0.05) is 15.9 Å². The molecule has 0 aromatic heterocycles. The molecule has 2 N–H and O–H groups in total. The molecule has 2 aliphatic heterocycles. The normalized spacial score (nSPS) is 18.1. The molecule has 2 aliphatic rings. The van der Waals surface area contributed by atoms with Gasteiger partial charge in [0.25, 0.3) is 0 Å². The van der Waals surface area contributed by atoms with Crippen LogP contribution in [-0.4, -0.2) is 50.1 Å². The molecule has 0 aliphatic carbocycles. The highest BCUT2D eigenvalue weighted by Crippen LogP contribution is 2.32. The summed E-state index contributed by atoms with van der Waals surface area (Å²) in [4.78, 5) is 14.2. The monoisotopic (exact) mass is 353 g/mol. The van der Waals surface area contributed by atoms with E-state index >= 15 is 0 Å². The van der Waals surface area contributed by atoms with Gasteiger partial charge in [0.15, 0.2) is 0 Å². The van der Waals surface area contributed by atoms with Crippen molar-refractivity contribution < 1.29 is 9.53 Å². The zero-order valence-electron chi connectivity index (χ0n) is 12.0. The molecule has 0 bridgehead atoms. The van der Waals surface area contributed by atoms with Gasteiger partial charge in [0.05, 0.1) is 13.2 Å². The summed E-state index contributed by atoms with van der Waals surface area (Å²) in [5, 5.41) is 6.29. The Kier molecular flexibility index (Phi) is 4.77. The maximum absolute atomic E-state index is 12.0. The maximum Gasteiger partial charge on any atom is 0.234 e. The summed E-state index contributed by atoms with van der Waals surface area (Å²) in [5.74, 6) is 1.02. The SMILES string of the molecule is O=C(CN1CCNCC1)NCc1cc(Br)cc2c1OCC2. The average molecular weight is 354 g/mol. The number of rotatable bonds is 4. The van der Waals surface area contributed by atoms with Gasteiger partial charge >= 0.3 is 0 Å². The minimum atomic E-state index is 0.0728. The van der Waals surface area contributed by atoms with Crippen LogP contribution < -0.4 is 15.4 Å². The van der Waals surface area contributed by atoms with Gasteiger partial charge in [-0.15, -0.1) is 0 Å². The van der Waals surface area contributed by atoms with Gasteiger partial charge in [0.2, 0.25) is 5.91 Å². The topological polar surface area (TPSA) is 53.6 Å². The third-order valence-electron chi connectivity index (χ3n) is 3.88. The van der Waals surface area contributed by atoms with Gasteiger partial charge in [-0.25, -0.2) is 0 Å². The number of hydrogen-bond acceptors (Lipinski definition) is 4. The summed E-state index contributed by atoms with van der Waals surface area (Å²) < 4.78 is 6.72. The van der Waals surface area contributed by atoms with Crippen molar-refractivity contribution in [2.45, 2.75) is 13.0 Å². The van der Waals surface area contributed by atoms with Gasteiger partial charge in [0, 0.05) is 49.2 Å². The summed E-state index contributed by atoms with van der Waals surface area (Å²) in [6.07, 6.45) is 0.941. The molecule has 2 heterocycles. The molecule has 1 aromatic carbocycles. The first kappa shape index (κ1) is 14.8. The van der Waals surface area contributed by atoms with Gasteiger partial charge < -0.3 is 15.4 Å². The van der Waals surface area contributed by atoms with E-state index in [0.717, 1.165) is 55.0 Å². The number of amides is 1. The van der Waals surface area contributed by atoms with Crippen molar-refractivity contribution in [2.24, 2.45) is 0 Å². The fraction of sp³-hybridized carbons (Fsp3) is 0.533. The predicted octanol–water partition coefficient (Wildman–Crippen LogP) is 0.905. The van der Waals surface area contributed by atoms with E-state index in [1.807, 2.05) is 6.07 Å². The second-order valence-electron chi connectivity index (χ2n) is 5.45. The zero-order chi connectivity index (χ0) is 14.7. The van der Waals surface area contributed by atoms with Crippen molar-refractivity contribution in [1.82, 2.24) is 15.5 Å². The van der Waals surface area contributed by atoms with E-state index in [1.165, 1.54) is 5.56 Å². The minimum Gasteiger partial charge on any atom is -0.493 e. The third kappa shape index (κ3) is 3.75. The summed E-state index contributed by atoms with van der Waals surface area (Å²) in [6, 6.07) is 4.11. The lowest BCUT2D eigenvalue weighted by Crippen LogP contribution is -2.47. The van der Waals surface area contributed by atoms with Crippen LogP contribution in [-0.2, 0) is 17.8 Å². The van der Waals surface area contributed by atoms with Crippen molar-refractivity contribution in [3.05, 3.63) is 27.7 Å². The molecule has 1 saturated heterocycles. The zero-order valence-corrected chi connectivity index (χ0v) is 13.5. The lowest BCUT2D eigenvalue weighted by molar-refractivity contribution is -0.122. The van der Waals surface area contributed by atoms with E-state index in [-0.39, 0.29) is 5.91 Å². The van der Waals surface area contributed by atoms with Crippen LogP contribution in [0.15, 0.2) is 16.6 Å². The van der Waals surface area contributed by atoms with Gasteiger partial charge in [-0.3, -0.25) is 9.69 Å². The van der Waals surface area contributed by atoms with Crippen molar-refractivity contribution in [2.75, 3.05) is 39.3 Å². The summed E-state index contributed by atoms with van der Waals surface area (Å²) >= 11 is 3.52. The van der Waals surface area contributed by atoms with E-state index in [9.17, 15) is 4.79 Å². The van der Waals surface area contributed by atoms with Crippen LogP contribution in [0.2, 0.25) is 0 Å². The van der Waals surface area contributed by atoms with Crippen LogP contribution in [0.25, 0.3) is 0 Å². The molecular weight excluding hydrogens is 334 g/mol. The van der Waals surface area contributed by atoms with Crippen LogP contribution in [0.1, 0.15) is 11.1 Å². The van der Waals surface area contributed by atoms with E-state index in [4.69, 9.17) is 4.74 Å². The Morgan fingerprint density at radius 2 is 2.19 bits per heavy atom. The van der Waals surface area contributed by atoms with Crippen molar-refractivity contribution >= 4 is 21.8 Å². The van der Waals surface area contributed by atoms with E-state index < -0.39 is 0 Å². The molecule has 1 amide bonds. The Balaban J connectivity index is 1.56. The number of fused-ring (bicyclic) bond motifs is 1. The van der Waals surface area contributed by atoms with E-state index in [1.54, 1.807) is 0 Å². The number of ether oxygens (including phenoxy) is 1. The first-order valence-corrected chi connectivity index (χ1v) is 8.15. The molecule has 21 heavy (non-hydrogen) atoms. The highest BCUT2D eigenvalue weighted by Gasteiger charge is 2.18. The summed E-state index contributed by atoms with van der Waals surface area (Å²) in [7, 11) is 0. The first-order chi connectivity index (χ1) is 10.2. The van der Waals surface area contributed by atoms with Crippen LogP contribution in [0.5, 0.6) is 5.75 Å². The smallest absolute Gasteiger partial charge is 0.234 e. The molecule has 1 aromatic rings. The molecule has 3 rings (SSSR count). The van der Waals surface area contributed by atoms with Crippen LogP contribution >= 0.6 is 15.9 Å². The molecular formula is C15H20BrN3O2. The molecule has 1 fully saturated rings. The molecule has 0 radical (unpaired) electrons. The Labute approximate surface area is 133 Å². The van der Waals surface area contributed by atoms with Crippen molar-refractivity contribution in [3.63, 3.8) is 0 Å². The molecule has 114 valence electrons. The molecule has 0 atom stereocenters. The molecule has 0 saturated carbocycles. The van der Waals surface area contributed by atoms with Gasteiger partial charge in [-0.05, 0) is 17.7 Å². The van der Waals surface area contributed by atoms with Crippen LogP contribution in [0, 0.1) is 0 Å². The first-order valence-electron chi connectivity index (χ1n) is 7.36. The highest BCUT2D eigenvalue weighted by atomic mass is 79.9. The number of nitrogens with zero attached hydrogens (tertiary/aromatic N) is 1. The highest BCUT2D eigenvalue weighted by molar-refractivity contribution is 9.10. The molecule has 0 spiro atoms. The number of carbonyl (C=O) groups excluding carboxylic acids is 1. The van der Waals surface area contributed by atoms with Crippen LogP contribution in [0.3, 0.4) is 0 Å². The second-order valence-corrected chi connectivity index (χ2v) is 6.37. The Bertz CT molecular complexity index is 530. The van der Waals surface area contributed by atoms with Crippen LogP contribution in [0.4, 0.5) is 0 Å². The lowest BCUT2D eigenvalue weighted by atomic mass is 10.1. The maximum atomic E-state index is 12.0. The number of piperazine rings is 1. The molecule has 6 heteroatoms. The number of carbonyl (C=O) groups is 1. The van der Waals surface area contributed by atoms with Gasteiger partial charge in [0.1, 0.15) is 5.75 Å². The average Bonchev–Trinajstić information content (AvgIpc) is 2.94. The number of hydrogen-bond donors (Lipinski definition) is 2. The number of benzene rings is 1. The number of nitrogens with one attached hydrogen (secondary N) is 2. The quantitative estimate of drug-likeness (QED) is 0.844. The van der Waals surface area contributed by atoms with E-state index in [2.05, 4.69) is 37.5 Å². The Hall–Kier alpha value is -1.11. The largest absolute Gasteiger partial charge is 0.493 e.